The van der Waals surface area contributed by atoms with E-state index in [0.717, 1.165) is 9.56 Å². The Bertz CT molecular complexity index is 1520. The minimum Gasteiger partial charge on any atom is -0.466 e. The van der Waals surface area contributed by atoms with E-state index >= 15 is 0 Å². The fourth-order valence-electron chi connectivity index (χ4n) is 3.25. The van der Waals surface area contributed by atoms with Gasteiger partial charge in [0.05, 0.1) is 13.1 Å². The van der Waals surface area contributed by atoms with E-state index in [0.29, 0.717) is 10.4 Å². The number of aromatic nitrogens is 4. The van der Waals surface area contributed by atoms with Crippen molar-refractivity contribution in [2.24, 2.45) is 5.73 Å². The molecule has 0 spiro atoms. The summed E-state index contributed by atoms with van der Waals surface area (Å²) in [6.45, 7) is -1.39. The average molecular weight is 572 g/mol. The smallest absolute Gasteiger partial charge is 0.466 e. The molecule has 4 heterocycles. The zero-order valence-corrected chi connectivity index (χ0v) is 20.3. The van der Waals surface area contributed by atoms with Crippen LogP contribution in [0.3, 0.4) is 0 Å². The molecule has 0 unspecified atom stereocenters. The summed E-state index contributed by atoms with van der Waals surface area (Å²) in [7, 11) is 0. The summed E-state index contributed by atoms with van der Waals surface area (Å²) in [4.78, 5) is 45.4. The number of alkyl halides is 3. The fraction of sp³-hybridized carbons (Fsp3) is 0.227. The van der Waals surface area contributed by atoms with Crippen molar-refractivity contribution in [3.05, 3.63) is 68.2 Å². The van der Waals surface area contributed by atoms with Gasteiger partial charge < -0.3 is 15.3 Å². The molecule has 0 bridgehead atoms. The van der Waals surface area contributed by atoms with Gasteiger partial charge in [-0.3, -0.25) is 9.36 Å². The third kappa shape index (κ3) is 6.37. The number of carbonyl (C=O) groups excluding carboxylic acids is 2. The van der Waals surface area contributed by atoms with Crippen molar-refractivity contribution in [1.29, 1.82) is 0 Å². The molecule has 0 saturated heterocycles. The summed E-state index contributed by atoms with van der Waals surface area (Å²) in [5.74, 6) is -3.81. The Kier molecular flexibility index (Phi) is 7.91. The maximum atomic E-state index is 12.8. The van der Waals surface area contributed by atoms with Crippen LogP contribution in [0.5, 0.6) is 5.88 Å². The molecule has 0 fully saturated rings. The molecular weight excluding hydrogens is 555 g/mol. The lowest BCUT2D eigenvalue weighted by Gasteiger charge is -2.26. The standard InChI is InChI=1S/C22H17F5N6O5S/c23-18(24)13(6-28)8-32-21(36)31(11-30-32)9-15-4-3-14(39-15)2-1-12-5-16-19(29-7-12)37-10-17(34)33(16)38-20(35)22(25,26)27/h1-5,7,11H,6,8-10,28H2/b2-1+. The maximum absolute atomic E-state index is 12.8. The monoisotopic (exact) mass is 572 g/mol. The highest BCUT2D eigenvalue weighted by atomic mass is 32.1. The molecule has 1 amide bonds. The fourth-order valence-corrected chi connectivity index (χ4v) is 4.16. The van der Waals surface area contributed by atoms with E-state index in [9.17, 15) is 36.3 Å². The minimum absolute atomic E-state index is 0.122. The van der Waals surface area contributed by atoms with Gasteiger partial charge in [-0.25, -0.2) is 19.3 Å². The number of nitrogens with two attached hydrogens (primary N) is 1. The molecule has 0 atom stereocenters. The summed E-state index contributed by atoms with van der Waals surface area (Å²) >= 11 is 1.29. The van der Waals surface area contributed by atoms with Gasteiger partial charge in [-0.15, -0.1) is 16.4 Å². The minimum atomic E-state index is -5.32. The molecular formula is C22H17F5N6O5S. The van der Waals surface area contributed by atoms with Gasteiger partial charge in [0.2, 0.25) is 5.88 Å². The van der Waals surface area contributed by atoms with Crippen LogP contribution in [0, 0.1) is 0 Å². The van der Waals surface area contributed by atoms with E-state index in [1.54, 1.807) is 24.3 Å². The molecule has 11 nitrogen and oxygen atoms in total. The van der Waals surface area contributed by atoms with Gasteiger partial charge in [-0.1, -0.05) is 6.08 Å². The Morgan fingerprint density at radius 1 is 1.23 bits per heavy atom. The molecule has 0 radical (unpaired) electrons. The normalized spacial score (nSPS) is 13.4. The van der Waals surface area contributed by atoms with Crippen LogP contribution in [-0.2, 0) is 27.5 Å². The predicted octanol–water partition coefficient (Wildman–Crippen LogP) is 2.58. The molecule has 3 aromatic heterocycles. The SMILES string of the molecule is NCC(Cn1ncn(Cc2ccc(/C=C/c3cnc4c(c3)N(OC(=O)C(F)(F)F)C(=O)CO4)s2)c1=O)=C(F)F. The van der Waals surface area contributed by atoms with E-state index in [1.165, 1.54) is 34.5 Å². The number of hydrogen-bond donors (Lipinski definition) is 1. The van der Waals surface area contributed by atoms with Crippen molar-refractivity contribution in [2.75, 3.05) is 18.2 Å². The first-order valence-electron chi connectivity index (χ1n) is 10.8. The molecule has 206 valence electrons. The van der Waals surface area contributed by atoms with Crippen LogP contribution in [0.25, 0.3) is 12.2 Å². The van der Waals surface area contributed by atoms with E-state index in [4.69, 9.17) is 10.5 Å². The predicted molar refractivity (Wildman–Crippen MR) is 126 cm³/mol. The molecule has 1 aliphatic heterocycles. The molecule has 17 heteroatoms. The third-order valence-corrected chi connectivity index (χ3v) is 6.17. The Morgan fingerprint density at radius 3 is 2.69 bits per heavy atom. The van der Waals surface area contributed by atoms with E-state index in [1.807, 2.05) is 0 Å². The van der Waals surface area contributed by atoms with Crippen molar-refractivity contribution in [1.82, 2.24) is 19.3 Å². The van der Waals surface area contributed by atoms with Gasteiger partial charge >= 0.3 is 17.8 Å². The van der Waals surface area contributed by atoms with Crippen LogP contribution in [0.1, 0.15) is 15.3 Å². The topological polar surface area (TPSA) is 135 Å². The number of thiophene rings is 1. The van der Waals surface area contributed by atoms with Gasteiger partial charge in [-0.05, 0) is 29.8 Å². The number of amides is 1. The summed E-state index contributed by atoms with van der Waals surface area (Å²) in [5, 5.41) is 4.03. The largest absolute Gasteiger partial charge is 0.493 e. The van der Waals surface area contributed by atoms with Gasteiger partial charge in [0, 0.05) is 28.1 Å². The molecule has 1 aliphatic rings. The lowest BCUT2D eigenvalue weighted by atomic mass is 10.2. The van der Waals surface area contributed by atoms with Crippen molar-refractivity contribution in [3.8, 4) is 5.88 Å². The Morgan fingerprint density at radius 2 is 2.00 bits per heavy atom. The van der Waals surface area contributed by atoms with Crippen molar-refractivity contribution in [2.45, 2.75) is 19.3 Å². The molecule has 39 heavy (non-hydrogen) atoms. The number of anilines is 1. The van der Waals surface area contributed by atoms with Crippen LogP contribution in [0.2, 0.25) is 0 Å². The highest BCUT2D eigenvalue weighted by Gasteiger charge is 2.45. The molecule has 2 N–H and O–H groups in total. The molecule has 0 saturated carbocycles. The first kappa shape index (κ1) is 27.6. The first-order chi connectivity index (χ1) is 18.5. The second-order valence-electron chi connectivity index (χ2n) is 7.85. The highest BCUT2D eigenvalue weighted by molar-refractivity contribution is 7.12. The molecule has 0 aromatic carbocycles. The summed E-state index contributed by atoms with van der Waals surface area (Å²) in [6, 6.07) is 4.72. The second kappa shape index (κ2) is 11.2. The average Bonchev–Trinajstić information content (AvgIpc) is 3.48. The number of halogens is 5. The van der Waals surface area contributed by atoms with Gasteiger partial charge in [0.25, 0.3) is 12.0 Å². The Hall–Kier alpha value is -4.38. The molecule has 0 aliphatic carbocycles. The number of ether oxygens (including phenoxy) is 1. The van der Waals surface area contributed by atoms with E-state index < -0.39 is 55.1 Å². The zero-order valence-electron chi connectivity index (χ0n) is 19.5. The van der Waals surface area contributed by atoms with Gasteiger partial charge in [0.1, 0.15) is 12.0 Å². The number of nitrogens with zero attached hydrogens (tertiary/aromatic N) is 5. The Balaban J connectivity index is 1.48. The number of fused-ring (bicyclic) bond motifs is 1. The third-order valence-electron chi connectivity index (χ3n) is 5.14. The van der Waals surface area contributed by atoms with E-state index in [-0.39, 0.29) is 23.2 Å². The van der Waals surface area contributed by atoms with Crippen molar-refractivity contribution < 1.29 is 41.1 Å². The lowest BCUT2D eigenvalue weighted by molar-refractivity contribution is -0.202. The lowest BCUT2D eigenvalue weighted by Crippen LogP contribution is -2.43. The quantitative estimate of drug-likeness (QED) is 0.407. The van der Waals surface area contributed by atoms with Crippen LogP contribution >= 0.6 is 11.3 Å². The maximum Gasteiger partial charge on any atom is 0.493 e. The van der Waals surface area contributed by atoms with Crippen LogP contribution in [0.4, 0.5) is 27.6 Å². The van der Waals surface area contributed by atoms with E-state index in [2.05, 4.69) is 14.9 Å². The first-order valence-corrected chi connectivity index (χ1v) is 11.6. The number of carbonyl (C=O) groups is 2. The van der Waals surface area contributed by atoms with Crippen molar-refractivity contribution in [3.63, 3.8) is 0 Å². The highest BCUT2D eigenvalue weighted by Crippen LogP contribution is 2.33. The van der Waals surface area contributed by atoms with Gasteiger partial charge in [0.15, 0.2) is 6.61 Å². The van der Waals surface area contributed by atoms with Gasteiger partial charge in [-0.2, -0.15) is 27.1 Å². The number of hydroxylamine groups is 1. The number of pyridine rings is 1. The molecule has 4 rings (SSSR count). The summed E-state index contributed by atoms with van der Waals surface area (Å²) < 4.78 is 70.8. The van der Waals surface area contributed by atoms with Crippen LogP contribution in [0.15, 0.2) is 47.2 Å². The summed E-state index contributed by atoms with van der Waals surface area (Å²) in [5.41, 5.74) is 4.34. The number of hydrogen-bond acceptors (Lipinski definition) is 9. The number of rotatable bonds is 8. The van der Waals surface area contributed by atoms with Crippen LogP contribution < -0.4 is 21.2 Å². The van der Waals surface area contributed by atoms with Crippen LogP contribution in [-0.4, -0.2) is 50.5 Å². The second-order valence-corrected chi connectivity index (χ2v) is 9.05. The summed E-state index contributed by atoms with van der Waals surface area (Å²) in [6.07, 6.45) is -1.53. The Labute approximate surface area is 219 Å². The van der Waals surface area contributed by atoms with Crippen molar-refractivity contribution >= 4 is 41.1 Å². The molecule has 3 aromatic rings. The zero-order chi connectivity index (χ0) is 28.3.